The Kier molecular flexibility index (Phi) is 2.81. The minimum absolute atomic E-state index is 0.0667. The van der Waals surface area contributed by atoms with Gasteiger partial charge in [-0.1, -0.05) is 5.11 Å². The van der Waals surface area contributed by atoms with Crippen LogP contribution < -0.4 is 4.90 Å². The molecular weight excluding hydrogens is 244 g/mol. The van der Waals surface area contributed by atoms with Crippen molar-refractivity contribution in [2.45, 2.75) is 6.42 Å². The molecule has 7 nitrogen and oxygen atoms in total. The van der Waals surface area contributed by atoms with Crippen LogP contribution in [0.4, 0.5) is 5.69 Å². The van der Waals surface area contributed by atoms with Gasteiger partial charge in [0.15, 0.2) is 0 Å². The molecule has 1 atom stereocenters. The number of carbonyl (C=O) groups excluding carboxylic acids is 1. The highest BCUT2D eigenvalue weighted by Gasteiger charge is 2.30. The molecule has 0 spiro atoms. The fourth-order valence-corrected chi connectivity index (χ4v) is 2.40. The van der Waals surface area contributed by atoms with E-state index in [1.54, 1.807) is 11.1 Å². The van der Waals surface area contributed by atoms with Crippen LogP contribution in [0.1, 0.15) is 6.42 Å². The van der Waals surface area contributed by atoms with Gasteiger partial charge in [-0.15, -0.1) is 0 Å². The number of aromatic amines is 1. The Morgan fingerprint density at radius 3 is 3.32 bits per heavy atom. The van der Waals surface area contributed by atoms with E-state index in [0.29, 0.717) is 19.5 Å². The molecule has 0 saturated carbocycles. The Labute approximate surface area is 108 Å². The second-order valence-electron chi connectivity index (χ2n) is 4.63. The minimum atomic E-state index is 0.0667. The lowest BCUT2D eigenvalue weighted by molar-refractivity contribution is -0.117. The quantitative estimate of drug-likeness (QED) is 0.517. The largest absolute Gasteiger partial charge is 0.312 e. The van der Waals surface area contributed by atoms with Crippen molar-refractivity contribution >= 4 is 22.5 Å². The van der Waals surface area contributed by atoms with E-state index in [1.165, 1.54) is 0 Å². The molecular formula is C12H12N6O. The van der Waals surface area contributed by atoms with E-state index < -0.39 is 0 Å². The summed E-state index contributed by atoms with van der Waals surface area (Å²) in [6.07, 6.45) is 2.18. The third-order valence-corrected chi connectivity index (χ3v) is 3.35. The minimum Gasteiger partial charge on any atom is -0.312 e. The van der Waals surface area contributed by atoms with Crippen LogP contribution in [0.3, 0.4) is 0 Å². The van der Waals surface area contributed by atoms with Crippen molar-refractivity contribution in [3.8, 4) is 0 Å². The fourth-order valence-electron chi connectivity index (χ4n) is 2.40. The Morgan fingerprint density at radius 2 is 2.47 bits per heavy atom. The average molecular weight is 256 g/mol. The van der Waals surface area contributed by atoms with Gasteiger partial charge in [0.1, 0.15) is 0 Å². The average Bonchev–Trinajstić information content (AvgIpc) is 3.01. The number of H-pyrrole nitrogens is 1. The molecule has 2 aromatic rings. The predicted octanol–water partition coefficient (Wildman–Crippen LogP) is 2.23. The van der Waals surface area contributed by atoms with Crippen molar-refractivity contribution in [1.82, 2.24) is 10.2 Å². The van der Waals surface area contributed by atoms with Gasteiger partial charge < -0.3 is 4.90 Å². The van der Waals surface area contributed by atoms with E-state index in [0.717, 1.165) is 16.6 Å². The lowest BCUT2D eigenvalue weighted by Crippen LogP contribution is -2.24. The zero-order valence-corrected chi connectivity index (χ0v) is 10.2. The number of hydrogen-bond acceptors (Lipinski definition) is 3. The summed E-state index contributed by atoms with van der Waals surface area (Å²) in [5.41, 5.74) is 10.1. The molecule has 0 radical (unpaired) electrons. The zero-order chi connectivity index (χ0) is 13.2. The van der Waals surface area contributed by atoms with Crippen LogP contribution >= 0.6 is 0 Å². The monoisotopic (exact) mass is 256 g/mol. The van der Waals surface area contributed by atoms with Gasteiger partial charge >= 0.3 is 0 Å². The third kappa shape index (κ3) is 2.11. The summed E-state index contributed by atoms with van der Waals surface area (Å²) in [7, 11) is 0. The van der Waals surface area contributed by atoms with E-state index in [9.17, 15) is 4.79 Å². The van der Waals surface area contributed by atoms with Gasteiger partial charge in [-0.25, -0.2) is 0 Å². The van der Waals surface area contributed by atoms with Crippen LogP contribution in [-0.4, -0.2) is 29.2 Å². The van der Waals surface area contributed by atoms with E-state index in [4.69, 9.17) is 5.53 Å². The number of nitrogens with one attached hydrogen (secondary N) is 1. The molecule has 96 valence electrons. The molecule has 19 heavy (non-hydrogen) atoms. The lowest BCUT2D eigenvalue weighted by Gasteiger charge is -2.16. The van der Waals surface area contributed by atoms with E-state index >= 15 is 0 Å². The van der Waals surface area contributed by atoms with Crippen LogP contribution in [-0.2, 0) is 4.79 Å². The van der Waals surface area contributed by atoms with Gasteiger partial charge in [-0.3, -0.25) is 9.89 Å². The number of azide groups is 1. The molecule has 0 aliphatic carbocycles. The topological polar surface area (TPSA) is 97.8 Å². The summed E-state index contributed by atoms with van der Waals surface area (Å²) in [5, 5.41) is 11.4. The number of amides is 1. The Morgan fingerprint density at radius 1 is 1.58 bits per heavy atom. The SMILES string of the molecule is [N-]=[N+]=NCC1CC(=O)N(c2ccc3cn[nH]c3c2)C1. The number of aromatic nitrogens is 2. The van der Waals surface area contributed by atoms with Crippen molar-refractivity contribution in [1.29, 1.82) is 0 Å². The van der Waals surface area contributed by atoms with Gasteiger partial charge in [0, 0.05) is 35.5 Å². The van der Waals surface area contributed by atoms with Crippen LogP contribution in [0.2, 0.25) is 0 Å². The number of nitrogens with zero attached hydrogens (tertiary/aromatic N) is 5. The maximum Gasteiger partial charge on any atom is 0.227 e. The first-order valence-electron chi connectivity index (χ1n) is 6.02. The van der Waals surface area contributed by atoms with Gasteiger partial charge in [0.05, 0.1) is 11.7 Å². The fraction of sp³-hybridized carbons (Fsp3) is 0.333. The lowest BCUT2D eigenvalue weighted by atomic mass is 10.1. The summed E-state index contributed by atoms with van der Waals surface area (Å²) in [6, 6.07) is 5.75. The second-order valence-corrected chi connectivity index (χ2v) is 4.63. The third-order valence-electron chi connectivity index (χ3n) is 3.35. The molecule has 7 heteroatoms. The van der Waals surface area contributed by atoms with Gasteiger partial charge in [-0.05, 0) is 29.6 Å². The second kappa shape index (κ2) is 4.62. The molecule has 1 aromatic heterocycles. The van der Waals surface area contributed by atoms with Crippen molar-refractivity contribution in [2.75, 3.05) is 18.0 Å². The van der Waals surface area contributed by atoms with Crippen LogP contribution in [0.25, 0.3) is 21.3 Å². The predicted molar refractivity (Wildman–Crippen MR) is 70.6 cm³/mol. The van der Waals surface area contributed by atoms with Crippen LogP contribution in [0, 0.1) is 5.92 Å². The molecule has 0 bridgehead atoms. The Bertz CT molecular complexity index is 672. The first-order chi connectivity index (χ1) is 9.28. The van der Waals surface area contributed by atoms with Crippen molar-refractivity contribution in [3.05, 3.63) is 34.8 Å². The van der Waals surface area contributed by atoms with Gasteiger partial charge in [0.25, 0.3) is 0 Å². The Hall–Kier alpha value is -2.53. The molecule has 1 aliphatic heterocycles. The molecule has 1 unspecified atom stereocenters. The van der Waals surface area contributed by atoms with Crippen molar-refractivity contribution in [3.63, 3.8) is 0 Å². The number of rotatable bonds is 3. The van der Waals surface area contributed by atoms with Gasteiger partial charge in [-0.2, -0.15) is 5.10 Å². The van der Waals surface area contributed by atoms with E-state index in [2.05, 4.69) is 20.2 Å². The number of anilines is 1. The molecule has 1 N–H and O–H groups in total. The summed E-state index contributed by atoms with van der Waals surface area (Å²) >= 11 is 0. The normalized spacial score (nSPS) is 18.8. The Balaban J connectivity index is 1.85. The summed E-state index contributed by atoms with van der Waals surface area (Å²) < 4.78 is 0. The maximum absolute atomic E-state index is 12.0. The number of hydrogen-bond donors (Lipinski definition) is 1. The van der Waals surface area contributed by atoms with Crippen LogP contribution in [0.5, 0.6) is 0 Å². The molecule has 1 amide bonds. The maximum atomic E-state index is 12.0. The van der Waals surface area contributed by atoms with E-state index in [1.807, 2.05) is 18.2 Å². The summed E-state index contributed by atoms with van der Waals surface area (Å²) in [6.45, 7) is 0.961. The highest BCUT2D eigenvalue weighted by molar-refractivity contribution is 5.97. The highest BCUT2D eigenvalue weighted by Crippen LogP contribution is 2.27. The molecule has 1 aromatic carbocycles. The van der Waals surface area contributed by atoms with Crippen molar-refractivity contribution < 1.29 is 4.79 Å². The van der Waals surface area contributed by atoms with Crippen molar-refractivity contribution in [2.24, 2.45) is 11.0 Å². The molecule has 1 aliphatic rings. The number of carbonyl (C=O) groups is 1. The van der Waals surface area contributed by atoms with E-state index in [-0.39, 0.29) is 11.8 Å². The van der Waals surface area contributed by atoms with Gasteiger partial charge in [0.2, 0.25) is 5.91 Å². The first kappa shape index (κ1) is 11.6. The molecule has 2 heterocycles. The molecule has 1 fully saturated rings. The number of fused-ring (bicyclic) bond motifs is 1. The highest BCUT2D eigenvalue weighted by atomic mass is 16.2. The molecule has 3 rings (SSSR count). The summed E-state index contributed by atoms with van der Waals surface area (Å²) in [5.74, 6) is 0.165. The standard InChI is InChI=1S/C12H12N6O/c13-17-15-5-8-3-12(19)18(7-8)10-2-1-9-6-14-16-11(9)4-10/h1-2,4,6,8H,3,5,7H2,(H,14,16). The molecule has 1 saturated heterocycles. The zero-order valence-electron chi connectivity index (χ0n) is 10.2. The van der Waals surface area contributed by atoms with Crippen LogP contribution in [0.15, 0.2) is 29.5 Å². The first-order valence-corrected chi connectivity index (χ1v) is 6.02. The smallest absolute Gasteiger partial charge is 0.227 e. The number of benzene rings is 1. The summed E-state index contributed by atoms with van der Waals surface area (Å²) in [4.78, 5) is 16.5.